The highest BCUT2D eigenvalue weighted by atomic mass is 32.2. The van der Waals surface area contributed by atoms with E-state index >= 15 is 0 Å². The molecule has 0 aliphatic heterocycles. The third-order valence-electron chi connectivity index (χ3n) is 3.53. The lowest BCUT2D eigenvalue weighted by Crippen LogP contribution is -2.33. The number of hydrogen-bond acceptors (Lipinski definition) is 4. The molecule has 1 N–H and O–H groups in total. The Balaban J connectivity index is 2.13. The molecule has 1 aromatic carbocycles. The van der Waals surface area contributed by atoms with Crippen LogP contribution in [0.2, 0.25) is 0 Å². The smallest absolute Gasteiger partial charge is 0.307 e. The van der Waals surface area contributed by atoms with Gasteiger partial charge < -0.3 is 5.32 Å². The van der Waals surface area contributed by atoms with Crippen LogP contribution < -0.4 is 5.32 Å². The van der Waals surface area contributed by atoms with Crippen LogP contribution in [0.15, 0.2) is 12.1 Å². The molecule has 8 heteroatoms. The summed E-state index contributed by atoms with van der Waals surface area (Å²) < 4.78 is 27.2. The van der Waals surface area contributed by atoms with Gasteiger partial charge in [0.2, 0.25) is 5.82 Å². The van der Waals surface area contributed by atoms with Gasteiger partial charge in [0.25, 0.3) is 5.91 Å². The number of nitrogens with zero attached hydrogens (tertiary/aromatic N) is 1. The van der Waals surface area contributed by atoms with E-state index in [2.05, 4.69) is 5.32 Å². The van der Waals surface area contributed by atoms with Gasteiger partial charge in [0.15, 0.2) is 0 Å². The molecule has 0 bridgehead atoms. The Hall–Kier alpha value is -1.70. The number of nitro benzene ring substituents is 1. The van der Waals surface area contributed by atoms with Crippen LogP contribution in [-0.2, 0) is 0 Å². The number of carbonyl (C=O) groups is 1. The zero-order chi connectivity index (χ0) is 15.6. The highest BCUT2D eigenvalue weighted by molar-refractivity contribution is 7.99. The van der Waals surface area contributed by atoms with E-state index in [0.717, 1.165) is 19.3 Å². The third-order valence-corrected chi connectivity index (χ3v) is 4.63. The standard InChI is InChI=1S/C13H14F2N2O3S/c1-21-8-3-2-7(4-8)16-13(18)9-5-11(15)12(17(19)20)6-10(9)14/h5-8H,2-4H2,1H3,(H,16,18)/t7-,8+/m0/s1. The van der Waals surface area contributed by atoms with Gasteiger partial charge in [-0.05, 0) is 31.6 Å². The van der Waals surface area contributed by atoms with E-state index < -0.39 is 33.7 Å². The Labute approximate surface area is 124 Å². The summed E-state index contributed by atoms with van der Waals surface area (Å²) in [4.78, 5) is 21.4. The molecule has 0 saturated heterocycles. The Kier molecular flexibility index (Phi) is 4.76. The average molecular weight is 316 g/mol. The van der Waals surface area contributed by atoms with Gasteiger partial charge in [0.1, 0.15) is 5.82 Å². The largest absolute Gasteiger partial charge is 0.349 e. The van der Waals surface area contributed by atoms with E-state index in [1.165, 1.54) is 0 Å². The number of halogens is 2. The second-order valence-electron chi connectivity index (χ2n) is 4.88. The van der Waals surface area contributed by atoms with Crippen molar-refractivity contribution in [1.82, 2.24) is 5.32 Å². The maximum Gasteiger partial charge on any atom is 0.307 e. The summed E-state index contributed by atoms with van der Waals surface area (Å²) in [5.41, 5.74) is -1.49. The van der Waals surface area contributed by atoms with Gasteiger partial charge in [-0.15, -0.1) is 0 Å². The number of benzene rings is 1. The number of nitrogens with one attached hydrogen (secondary N) is 1. The predicted molar refractivity (Wildman–Crippen MR) is 75.4 cm³/mol. The van der Waals surface area contributed by atoms with Crippen LogP contribution in [0.4, 0.5) is 14.5 Å². The van der Waals surface area contributed by atoms with E-state index in [4.69, 9.17) is 0 Å². The number of amides is 1. The summed E-state index contributed by atoms with van der Waals surface area (Å²) in [6.07, 6.45) is 4.52. The van der Waals surface area contributed by atoms with Crippen LogP contribution in [0.3, 0.4) is 0 Å². The second kappa shape index (κ2) is 6.38. The molecule has 21 heavy (non-hydrogen) atoms. The number of nitro groups is 1. The van der Waals surface area contributed by atoms with E-state index in [-0.39, 0.29) is 6.04 Å². The molecule has 1 aliphatic carbocycles. The highest BCUT2D eigenvalue weighted by Crippen LogP contribution is 2.28. The first kappa shape index (κ1) is 15.7. The van der Waals surface area contributed by atoms with Crippen molar-refractivity contribution in [2.45, 2.75) is 30.6 Å². The van der Waals surface area contributed by atoms with Crippen molar-refractivity contribution in [3.05, 3.63) is 39.4 Å². The monoisotopic (exact) mass is 316 g/mol. The molecular formula is C13H14F2N2O3S. The van der Waals surface area contributed by atoms with Crippen molar-refractivity contribution in [1.29, 1.82) is 0 Å². The summed E-state index contributed by atoms with van der Waals surface area (Å²) in [6.45, 7) is 0. The van der Waals surface area contributed by atoms with Crippen molar-refractivity contribution in [2.24, 2.45) is 0 Å². The average Bonchev–Trinajstić information content (AvgIpc) is 2.88. The van der Waals surface area contributed by atoms with Crippen LogP contribution in [0, 0.1) is 21.7 Å². The van der Waals surface area contributed by atoms with Crippen LogP contribution in [0.1, 0.15) is 29.6 Å². The Morgan fingerprint density at radius 2 is 2.10 bits per heavy atom. The lowest BCUT2D eigenvalue weighted by Gasteiger charge is -2.13. The molecule has 5 nitrogen and oxygen atoms in total. The molecule has 1 fully saturated rings. The van der Waals surface area contributed by atoms with Crippen LogP contribution in [0.25, 0.3) is 0 Å². The van der Waals surface area contributed by atoms with Gasteiger partial charge >= 0.3 is 5.69 Å². The van der Waals surface area contributed by atoms with Gasteiger partial charge in [-0.1, -0.05) is 0 Å². The molecule has 0 heterocycles. The van der Waals surface area contributed by atoms with E-state index in [1.54, 1.807) is 11.8 Å². The summed E-state index contributed by atoms with van der Waals surface area (Å²) >= 11 is 1.71. The third kappa shape index (κ3) is 3.49. The summed E-state index contributed by atoms with van der Waals surface area (Å²) in [5.74, 6) is -3.06. The maximum absolute atomic E-state index is 13.7. The molecule has 0 aromatic heterocycles. The molecular weight excluding hydrogens is 302 g/mol. The normalized spacial score (nSPS) is 21.3. The van der Waals surface area contributed by atoms with E-state index in [9.17, 15) is 23.7 Å². The van der Waals surface area contributed by atoms with Crippen LogP contribution in [-0.4, -0.2) is 28.4 Å². The van der Waals surface area contributed by atoms with Gasteiger partial charge in [0.05, 0.1) is 16.6 Å². The van der Waals surface area contributed by atoms with Crippen molar-refractivity contribution < 1.29 is 18.5 Å². The van der Waals surface area contributed by atoms with Crippen molar-refractivity contribution in [3.8, 4) is 0 Å². The lowest BCUT2D eigenvalue weighted by atomic mass is 10.1. The molecule has 114 valence electrons. The second-order valence-corrected chi connectivity index (χ2v) is 6.02. The number of carbonyl (C=O) groups excluding carboxylic acids is 1. The fraction of sp³-hybridized carbons (Fsp3) is 0.462. The first-order chi connectivity index (χ1) is 9.92. The molecule has 1 amide bonds. The SMILES string of the molecule is CS[C@@H]1CC[C@H](NC(=O)c2cc(F)c([N+](=O)[O-])cc2F)C1. The molecule has 1 aliphatic rings. The molecule has 2 rings (SSSR count). The molecule has 1 saturated carbocycles. The van der Waals surface area contributed by atoms with Crippen molar-refractivity contribution in [2.75, 3.05) is 6.26 Å². The van der Waals surface area contributed by atoms with Gasteiger partial charge in [-0.3, -0.25) is 14.9 Å². The van der Waals surface area contributed by atoms with Gasteiger partial charge in [-0.25, -0.2) is 4.39 Å². The quantitative estimate of drug-likeness (QED) is 0.685. The van der Waals surface area contributed by atoms with Crippen molar-refractivity contribution in [3.63, 3.8) is 0 Å². The predicted octanol–water partition coefficient (Wildman–Crippen LogP) is 2.89. The number of thioether (sulfide) groups is 1. The summed E-state index contributed by atoms with van der Waals surface area (Å²) in [5, 5.41) is 13.6. The minimum Gasteiger partial charge on any atom is -0.349 e. The fourth-order valence-electron chi connectivity index (χ4n) is 2.40. The van der Waals surface area contributed by atoms with Gasteiger partial charge in [-0.2, -0.15) is 16.2 Å². The Morgan fingerprint density at radius 3 is 2.67 bits per heavy atom. The summed E-state index contributed by atoms with van der Waals surface area (Å²) in [7, 11) is 0. The Morgan fingerprint density at radius 1 is 1.38 bits per heavy atom. The highest BCUT2D eigenvalue weighted by Gasteiger charge is 2.27. The van der Waals surface area contributed by atoms with E-state index in [0.29, 0.717) is 17.4 Å². The number of hydrogen-bond donors (Lipinski definition) is 1. The van der Waals surface area contributed by atoms with Crippen molar-refractivity contribution >= 4 is 23.4 Å². The maximum atomic E-state index is 13.7. The zero-order valence-electron chi connectivity index (χ0n) is 11.3. The minimum absolute atomic E-state index is 0.0763. The minimum atomic E-state index is -1.22. The zero-order valence-corrected chi connectivity index (χ0v) is 12.1. The molecule has 0 radical (unpaired) electrons. The topological polar surface area (TPSA) is 72.2 Å². The first-order valence-electron chi connectivity index (χ1n) is 6.39. The number of rotatable bonds is 4. The molecule has 1 aromatic rings. The first-order valence-corrected chi connectivity index (χ1v) is 7.68. The van der Waals surface area contributed by atoms with Crippen LogP contribution >= 0.6 is 11.8 Å². The fourth-order valence-corrected chi connectivity index (χ4v) is 3.20. The Bertz CT molecular complexity index is 583. The van der Waals surface area contributed by atoms with Gasteiger partial charge in [0, 0.05) is 11.3 Å². The summed E-state index contributed by atoms with van der Waals surface area (Å²) in [6, 6.07) is 0.931. The van der Waals surface area contributed by atoms with Crippen LogP contribution in [0.5, 0.6) is 0 Å². The molecule has 0 spiro atoms. The molecule has 0 unspecified atom stereocenters. The van der Waals surface area contributed by atoms with E-state index in [1.807, 2.05) is 6.26 Å². The lowest BCUT2D eigenvalue weighted by molar-refractivity contribution is -0.387. The molecule has 2 atom stereocenters.